The number of methoxy groups -OCH3 is 1. The van der Waals surface area contributed by atoms with Gasteiger partial charge in [-0.2, -0.15) is 5.10 Å². The highest BCUT2D eigenvalue weighted by molar-refractivity contribution is 5.79. The fourth-order valence-corrected chi connectivity index (χ4v) is 2.75. The zero-order valence-corrected chi connectivity index (χ0v) is 12.8. The summed E-state index contributed by atoms with van der Waals surface area (Å²) in [7, 11) is 1.64. The number of aromatic nitrogens is 3. The molecule has 120 valence electrons. The highest BCUT2D eigenvalue weighted by Crippen LogP contribution is 2.36. The Morgan fingerprint density at radius 1 is 1.26 bits per heavy atom. The normalized spacial score (nSPS) is 17.4. The second kappa shape index (κ2) is 5.68. The molecule has 1 aliphatic rings. The molecule has 3 heterocycles. The van der Waals surface area contributed by atoms with Crippen LogP contribution in [0.2, 0.25) is 0 Å². The van der Waals surface area contributed by atoms with Crippen LogP contribution in [0.3, 0.4) is 0 Å². The number of ether oxygens (including phenoxy) is 3. The van der Waals surface area contributed by atoms with Crippen LogP contribution in [0.25, 0.3) is 11.0 Å². The summed E-state index contributed by atoms with van der Waals surface area (Å²) in [5.41, 5.74) is 0.761. The number of hydrogen-bond acceptors (Lipinski definition) is 6. The summed E-state index contributed by atoms with van der Waals surface area (Å²) in [6, 6.07) is 7.60. The quantitative estimate of drug-likeness (QED) is 0.736. The lowest BCUT2D eigenvalue weighted by Gasteiger charge is -2.35. The van der Waals surface area contributed by atoms with Crippen LogP contribution in [-0.4, -0.2) is 35.1 Å². The van der Waals surface area contributed by atoms with Crippen LogP contribution in [0, 0.1) is 0 Å². The molecule has 0 bridgehead atoms. The molecule has 0 unspecified atom stereocenters. The van der Waals surface area contributed by atoms with E-state index in [1.165, 1.54) is 6.33 Å². The van der Waals surface area contributed by atoms with E-state index in [0.717, 1.165) is 23.1 Å². The van der Waals surface area contributed by atoms with E-state index >= 15 is 0 Å². The molecule has 0 saturated carbocycles. The summed E-state index contributed by atoms with van der Waals surface area (Å²) in [6.07, 6.45) is 3.97. The van der Waals surface area contributed by atoms with Gasteiger partial charge in [-0.1, -0.05) is 0 Å². The predicted octanol–water partition coefficient (Wildman–Crippen LogP) is 2.32. The van der Waals surface area contributed by atoms with Crippen LogP contribution in [0.4, 0.5) is 0 Å². The summed E-state index contributed by atoms with van der Waals surface area (Å²) in [5, 5.41) is 5.09. The molecular weight excluding hydrogens is 298 g/mol. The molecule has 7 nitrogen and oxygen atoms in total. The van der Waals surface area contributed by atoms with Crippen molar-refractivity contribution in [2.75, 3.05) is 20.3 Å². The average Bonchev–Trinajstić information content (AvgIpc) is 3.24. The first kappa shape index (κ1) is 14.2. The van der Waals surface area contributed by atoms with Gasteiger partial charge in [0.1, 0.15) is 30.5 Å². The Morgan fingerprint density at radius 3 is 2.87 bits per heavy atom. The monoisotopic (exact) mass is 315 g/mol. The summed E-state index contributed by atoms with van der Waals surface area (Å²) in [6.45, 7) is 1.59. The Balaban J connectivity index is 1.76. The molecule has 3 aromatic rings. The third-order valence-electron chi connectivity index (χ3n) is 3.89. The molecule has 7 heteroatoms. The van der Waals surface area contributed by atoms with Crippen LogP contribution in [0.5, 0.6) is 5.75 Å². The van der Waals surface area contributed by atoms with Gasteiger partial charge in [0, 0.05) is 5.39 Å². The molecule has 0 atom stereocenters. The predicted molar refractivity (Wildman–Crippen MR) is 81.0 cm³/mol. The molecule has 1 fully saturated rings. The van der Waals surface area contributed by atoms with E-state index < -0.39 is 5.79 Å². The molecule has 1 aliphatic heterocycles. The molecule has 2 aromatic heterocycles. The minimum absolute atomic E-state index is 0.379. The van der Waals surface area contributed by atoms with E-state index in [9.17, 15) is 0 Å². The summed E-state index contributed by atoms with van der Waals surface area (Å²) in [5.74, 6) is 0.412. The first-order chi connectivity index (χ1) is 11.3. The fourth-order valence-electron chi connectivity index (χ4n) is 2.75. The van der Waals surface area contributed by atoms with Crippen molar-refractivity contribution >= 4 is 11.0 Å². The van der Waals surface area contributed by atoms with Crippen molar-refractivity contribution in [1.29, 1.82) is 0 Å². The van der Waals surface area contributed by atoms with E-state index in [1.807, 2.05) is 24.3 Å². The van der Waals surface area contributed by atoms with Crippen LogP contribution in [0.15, 0.2) is 41.3 Å². The van der Waals surface area contributed by atoms with Gasteiger partial charge in [0.2, 0.25) is 5.79 Å². The fraction of sp³-hybridized carbons (Fsp3) is 0.375. The molecule has 23 heavy (non-hydrogen) atoms. The minimum atomic E-state index is -0.988. The van der Waals surface area contributed by atoms with Gasteiger partial charge < -0.3 is 18.6 Å². The Labute approximate surface area is 132 Å². The number of benzene rings is 1. The molecule has 4 rings (SSSR count). The lowest BCUT2D eigenvalue weighted by molar-refractivity contribution is -0.292. The maximum absolute atomic E-state index is 5.99. The molecule has 0 aliphatic carbocycles. The highest BCUT2D eigenvalue weighted by atomic mass is 16.7. The van der Waals surface area contributed by atoms with E-state index in [1.54, 1.807) is 18.1 Å². The third-order valence-corrected chi connectivity index (χ3v) is 3.89. The molecule has 0 amide bonds. The maximum atomic E-state index is 5.99. The second-order valence-corrected chi connectivity index (χ2v) is 5.41. The van der Waals surface area contributed by atoms with Crippen molar-refractivity contribution in [3.8, 4) is 5.75 Å². The zero-order chi connectivity index (χ0) is 15.7. The van der Waals surface area contributed by atoms with Crippen molar-refractivity contribution in [2.24, 2.45) is 0 Å². The SMILES string of the molecule is COc1ccc2oc(C3(Cn4cncn4)OCCCO3)cc2c1. The highest BCUT2D eigenvalue weighted by Gasteiger charge is 2.41. The van der Waals surface area contributed by atoms with Crippen LogP contribution in [0.1, 0.15) is 12.2 Å². The summed E-state index contributed by atoms with van der Waals surface area (Å²) < 4.78 is 24.9. The molecule has 0 spiro atoms. The minimum Gasteiger partial charge on any atom is -0.497 e. The van der Waals surface area contributed by atoms with Gasteiger partial charge in [-0.15, -0.1) is 0 Å². The van der Waals surface area contributed by atoms with E-state index in [2.05, 4.69) is 10.1 Å². The molecule has 0 N–H and O–H groups in total. The van der Waals surface area contributed by atoms with Gasteiger partial charge in [0.05, 0.1) is 20.3 Å². The van der Waals surface area contributed by atoms with Gasteiger partial charge in [-0.05, 0) is 30.7 Å². The Hall–Kier alpha value is -2.38. The average molecular weight is 315 g/mol. The van der Waals surface area contributed by atoms with Crippen LogP contribution >= 0.6 is 0 Å². The van der Waals surface area contributed by atoms with Crippen molar-refractivity contribution in [2.45, 2.75) is 18.8 Å². The Kier molecular flexibility index (Phi) is 3.51. The lowest BCUT2D eigenvalue weighted by atomic mass is 10.1. The van der Waals surface area contributed by atoms with E-state index in [4.69, 9.17) is 18.6 Å². The number of furan rings is 1. The Morgan fingerprint density at radius 2 is 2.13 bits per heavy atom. The van der Waals surface area contributed by atoms with Gasteiger partial charge in [0.15, 0.2) is 5.76 Å². The molecule has 0 radical (unpaired) electrons. The lowest BCUT2D eigenvalue weighted by Crippen LogP contribution is -2.41. The van der Waals surface area contributed by atoms with Crippen LogP contribution < -0.4 is 4.74 Å². The Bertz CT molecular complexity index is 791. The zero-order valence-electron chi connectivity index (χ0n) is 12.8. The number of hydrogen-bond donors (Lipinski definition) is 0. The van der Waals surface area contributed by atoms with Gasteiger partial charge in [-0.3, -0.25) is 0 Å². The van der Waals surface area contributed by atoms with Crippen molar-refractivity contribution < 1.29 is 18.6 Å². The second-order valence-electron chi connectivity index (χ2n) is 5.41. The number of fused-ring (bicyclic) bond motifs is 1. The maximum Gasteiger partial charge on any atom is 0.248 e. The third kappa shape index (κ3) is 2.58. The standard InChI is InChI=1S/C16H17N3O4/c1-20-13-3-4-14-12(7-13)8-15(23-14)16(21-5-2-6-22-16)9-19-11-17-10-18-19/h3-4,7-8,10-11H,2,5-6,9H2,1H3. The van der Waals surface area contributed by atoms with Gasteiger partial charge >= 0.3 is 0 Å². The molecule has 1 saturated heterocycles. The van der Waals surface area contributed by atoms with Crippen LogP contribution in [-0.2, 0) is 21.8 Å². The largest absolute Gasteiger partial charge is 0.497 e. The van der Waals surface area contributed by atoms with Crippen molar-refractivity contribution in [3.05, 3.63) is 42.7 Å². The van der Waals surface area contributed by atoms with Crippen molar-refractivity contribution in [1.82, 2.24) is 14.8 Å². The number of nitrogens with zero attached hydrogens (tertiary/aromatic N) is 3. The van der Waals surface area contributed by atoms with E-state index in [-0.39, 0.29) is 0 Å². The smallest absolute Gasteiger partial charge is 0.248 e. The summed E-state index contributed by atoms with van der Waals surface area (Å²) in [4.78, 5) is 3.97. The van der Waals surface area contributed by atoms with Crippen molar-refractivity contribution in [3.63, 3.8) is 0 Å². The van der Waals surface area contributed by atoms with Gasteiger partial charge in [-0.25, -0.2) is 9.67 Å². The number of rotatable bonds is 4. The summed E-state index contributed by atoms with van der Waals surface area (Å²) >= 11 is 0. The first-order valence-corrected chi connectivity index (χ1v) is 7.47. The molecular formula is C16H17N3O4. The van der Waals surface area contributed by atoms with E-state index in [0.29, 0.717) is 25.5 Å². The topological polar surface area (TPSA) is 71.5 Å². The van der Waals surface area contributed by atoms with Gasteiger partial charge in [0.25, 0.3) is 0 Å². The first-order valence-electron chi connectivity index (χ1n) is 7.47. The molecule has 1 aromatic carbocycles.